The standard InChI is InChI=1S/C9H10ClN3O3S/c1-17-3-2-11-9(14)6-4-8(10)12-5-7(6)13(15)16/h4-5H,2-3H2,1H3,(H,11,14). The van der Waals surface area contributed by atoms with Crippen LogP contribution in [0.1, 0.15) is 10.4 Å². The zero-order valence-corrected chi connectivity index (χ0v) is 10.5. The zero-order chi connectivity index (χ0) is 12.8. The van der Waals surface area contributed by atoms with Crippen LogP contribution in [0.5, 0.6) is 0 Å². The molecule has 0 unspecified atom stereocenters. The molecule has 0 fully saturated rings. The van der Waals surface area contributed by atoms with E-state index in [-0.39, 0.29) is 16.4 Å². The van der Waals surface area contributed by atoms with Gasteiger partial charge >= 0.3 is 0 Å². The molecule has 1 heterocycles. The summed E-state index contributed by atoms with van der Waals surface area (Å²) in [5.74, 6) is 0.216. The molecule has 17 heavy (non-hydrogen) atoms. The maximum atomic E-state index is 11.7. The number of aromatic nitrogens is 1. The molecular formula is C9H10ClN3O3S. The van der Waals surface area contributed by atoms with Crippen molar-refractivity contribution in [2.45, 2.75) is 0 Å². The second-order valence-electron chi connectivity index (χ2n) is 3.03. The minimum Gasteiger partial charge on any atom is -0.351 e. The van der Waals surface area contributed by atoms with Gasteiger partial charge in [-0.3, -0.25) is 14.9 Å². The Labute approximate surface area is 107 Å². The summed E-state index contributed by atoms with van der Waals surface area (Å²) in [7, 11) is 0. The number of halogens is 1. The maximum absolute atomic E-state index is 11.7. The lowest BCUT2D eigenvalue weighted by Crippen LogP contribution is -2.26. The van der Waals surface area contributed by atoms with Gasteiger partial charge in [0.05, 0.1) is 4.92 Å². The number of hydrogen-bond donors (Lipinski definition) is 1. The average molecular weight is 276 g/mol. The summed E-state index contributed by atoms with van der Waals surface area (Å²) in [6.45, 7) is 0.442. The van der Waals surface area contributed by atoms with Crippen LogP contribution in [-0.4, -0.2) is 34.4 Å². The summed E-state index contributed by atoms with van der Waals surface area (Å²) in [6, 6.07) is 1.19. The Balaban J connectivity index is 2.90. The quantitative estimate of drug-likeness (QED) is 0.383. The fourth-order valence-corrected chi connectivity index (χ4v) is 1.58. The third-order valence-electron chi connectivity index (χ3n) is 1.88. The number of rotatable bonds is 5. The topological polar surface area (TPSA) is 85.1 Å². The summed E-state index contributed by atoms with van der Waals surface area (Å²) >= 11 is 7.17. The van der Waals surface area contributed by atoms with Crippen LogP contribution >= 0.6 is 23.4 Å². The average Bonchev–Trinajstić information content (AvgIpc) is 2.28. The Morgan fingerprint density at radius 1 is 1.71 bits per heavy atom. The minimum absolute atomic E-state index is 0.0469. The molecule has 1 aromatic heterocycles. The molecule has 0 aliphatic rings. The van der Waals surface area contributed by atoms with Crippen LogP contribution in [0.4, 0.5) is 5.69 Å². The number of carbonyl (C=O) groups excluding carboxylic acids is 1. The highest BCUT2D eigenvalue weighted by molar-refractivity contribution is 7.98. The lowest BCUT2D eigenvalue weighted by molar-refractivity contribution is -0.385. The van der Waals surface area contributed by atoms with Gasteiger partial charge in [-0.25, -0.2) is 4.98 Å². The van der Waals surface area contributed by atoms with Crippen molar-refractivity contribution >= 4 is 35.0 Å². The van der Waals surface area contributed by atoms with Gasteiger partial charge in [0.2, 0.25) is 0 Å². The van der Waals surface area contributed by atoms with E-state index in [2.05, 4.69) is 10.3 Å². The van der Waals surface area contributed by atoms with Gasteiger partial charge < -0.3 is 5.32 Å². The number of nitrogens with one attached hydrogen (secondary N) is 1. The van der Waals surface area contributed by atoms with E-state index in [4.69, 9.17) is 11.6 Å². The highest BCUT2D eigenvalue weighted by Gasteiger charge is 2.20. The number of hydrogen-bond acceptors (Lipinski definition) is 5. The fraction of sp³-hybridized carbons (Fsp3) is 0.333. The van der Waals surface area contributed by atoms with Crippen LogP contribution in [0, 0.1) is 10.1 Å². The van der Waals surface area contributed by atoms with Gasteiger partial charge in [0, 0.05) is 12.3 Å². The molecule has 1 N–H and O–H groups in total. The van der Waals surface area contributed by atoms with Crippen LogP contribution in [0.25, 0.3) is 0 Å². The Morgan fingerprint density at radius 3 is 3.00 bits per heavy atom. The number of nitrogens with zero attached hydrogens (tertiary/aromatic N) is 2. The Hall–Kier alpha value is -1.34. The van der Waals surface area contributed by atoms with Crippen molar-refractivity contribution in [2.75, 3.05) is 18.6 Å². The van der Waals surface area contributed by atoms with E-state index in [1.807, 2.05) is 6.26 Å². The molecule has 0 aliphatic carbocycles. The molecule has 0 saturated heterocycles. The summed E-state index contributed by atoms with van der Waals surface area (Å²) in [5.41, 5.74) is -0.424. The van der Waals surface area contributed by atoms with Crippen molar-refractivity contribution in [3.8, 4) is 0 Å². The molecule has 0 bridgehead atoms. The first-order valence-corrected chi connectivity index (χ1v) is 6.40. The van der Waals surface area contributed by atoms with Gasteiger partial charge in [0.25, 0.3) is 11.6 Å². The first kappa shape index (κ1) is 13.7. The first-order chi connectivity index (χ1) is 8.06. The highest BCUT2D eigenvalue weighted by atomic mass is 35.5. The molecule has 8 heteroatoms. The Morgan fingerprint density at radius 2 is 2.41 bits per heavy atom. The molecule has 1 aromatic rings. The molecule has 0 radical (unpaired) electrons. The second-order valence-corrected chi connectivity index (χ2v) is 4.40. The molecular weight excluding hydrogens is 266 g/mol. The molecule has 0 spiro atoms. The third kappa shape index (κ3) is 3.86. The van der Waals surface area contributed by atoms with E-state index in [1.165, 1.54) is 6.07 Å². The van der Waals surface area contributed by atoms with Crippen molar-refractivity contribution in [2.24, 2.45) is 0 Å². The maximum Gasteiger partial charge on any atom is 0.300 e. The number of amides is 1. The van der Waals surface area contributed by atoms with E-state index in [0.717, 1.165) is 11.9 Å². The Kier molecular flexibility index (Phi) is 5.17. The Bertz CT molecular complexity index is 441. The molecule has 6 nitrogen and oxygen atoms in total. The molecule has 1 amide bonds. The zero-order valence-electron chi connectivity index (χ0n) is 8.97. The molecule has 0 aromatic carbocycles. The van der Waals surface area contributed by atoms with Crippen molar-refractivity contribution < 1.29 is 9.72 Å². The highest BCUT2D eigenvalue weighted by Crippen LogP contribution is 2.20. The minimum atomic E-state index is -0.660. The predicted molar refractivity (Wildman–Crippen MR) is 66.6 cm³/mol. The lowest BCUT2D eigenvalue weighted by Gasteiger charge is -2.04. The largest absolute Gasteiger partial charge is 0.351 e. The van der Waals surface area contributed by atoms with Crippen LogP contribution in [0.2, 0.25) is 5.15 Å². The summed E-state index contributed by atoms with van der Waals surface area (Å²) < 4.78 is 0. The number of nitro groups is 1. The van der Waals surface area contributed by atoms with Gasteiger partial charge in [-0.2, -0.15) is 11.8 Å². The van der Waals surface area contributed by atoms with Crippen LogP contribution in [0.3, 0.4) is 0 Å². The normalized spacial score (nSPS) is 10.0. The molecule has 0 atom stereocenters. The smallest absolute Gasteiger partial charge is 0.300 e. The van der Waals surface area contributed by atoms with Gasteiger partial charge in [-0.1, -0.05) is 11.6 Å². The third-order valence-corrected chi connectivity index (χ3v) is 2.70. The van der Waals surface area contributed by atoms with Gasteiger partial charge in [-0.15, -0.1) is 0 Å². The number of pyridine rings is 1. The number of thioether (sulfide) groups is 1. The van der Waals surface area contributed by atoms with E-state index in [9.17, 15) is 14.9 Å². The number of carbonyl (C=O) groups is 1. The lowest BCUT2D eigenvalue weighted by atomic mass is 10.2. The SMILES string of the molecule is CSCCNC(=O)c1cc(Cl)ncc1[N+](=O)[O-]. The van der Waals surface area contributed by atoms with E-state index < -0.39 is 10.8 Å². The van der Waals surface area contributed by atoms with Crippen molar-refractivity contribution in [3.63, 3.8) is 0 Å². The molecule has 0 aliphatic heterocycles. The summed E-state index contributed by atoms with van der Waals surface area (Å²) in [6.07, 6.45) is 2.88. The van der Waals surface area contributed by atoms with Gasteiger partial charge in [-0.05, 0) is 12.3 Å². The van der Waals surface area contributed by atoms with Gasteiger partial charge in [0.15, 0.2) is 0 Å². The second kappa shape index (κ2) is 6.41. The monoisotopic (exact) mass is 275 g/mol. The van der Waals surface area contributed by atoms with Crippen molar-refractivity contribution in [1.82, 2.24) is 10.3 Å². The van der Waals surface area contributed by atoms with Crippen LogP contribution in [0.15, 0.2) is 12.3 Å². The summed E-state index contributed by atoms with van der Waals surface area (Å²) in [5, 5.41) is 13.3. The van der Waals surface area contributed by atoms with E-state index in [0.29, 0.717) is 6.54 Å². The van der Waals surface area contributed by atoms with E-state index in [1.54, 1.807) is 11.8 Å². The molecule has 92 valence electrons. The van der Waals surface area contributed by atoms with Crippen LogP contribution in [-0.2, 0) is 0 Å². The molecule has 1 rings (SSSR count). The first-order valence-electron chi connectivity index (χ1n) is 4.63. The van der Waals surface area contributed by atoms with Crippen molar-refractivity contribution in [1.29, 1.82) is 0 Å². The fourth-order valence-electron chi connectivity index (χ4n) is 1.11. The van der Waals surface area contributed by atoms with Crippen molar-refractivity contribution in [3.05, 3.63) is 33.1 Å². The summed E-state index contributed by atoms with van der Waals surface area (Å²) in [4.78, 5) is 25.3. The predicted octanol–water partition coefficient (Wildman–Crippen LogP) is 1.74. The van der Waals surface area contributed by atoms with E-state index >= 15 is 0 Å². The molecule has 0 saturated carbocycles. The van der Waals surface area contributed by atoms with Gasteiger partial charge in [0.1, 0.15) is 16.9 Å². The van der Waals surface area contributed by atoms with Crippen LogP contribution < -0.4 is 5.32 Å².